The summed E-state index contributed by atoms with van der Waals surface area (Å²) in [5.41, 5.74) is 8.11. The summed E-state index contributed by atoms with van der Waals surface area (Å²) in [6, 6.07) is 19.0. The quantitative estimate of drug-likeness (QED) is 0.646. The highest BCUT2D eigenvalue weighted by Crippen LogP contribution is 1.99. The first kappa shape index (κ1) is 18.7. The highest BCUT2D eigenvalue weighted by molar-refractivity contribution is 5.88. The minimum Gasteiger partial charge on any atom is -0.356 e. The van der Waals surface area contributed by atoms with Gasteiger partial charge in [-0.1, -0.05) is 60.7 Å². The van der Waals surface area contributed by atoms with Crippen LogP contribution in [0.5, 0.6) is 0 Å². The number of nitrogens with two attached hydrogens (primary N) is 1. The SMILES string of the molecule is N[C@H](CC(=O)NCCc1ccccc1)C(=O)NCCc1ccccc1. The summed E-state index contributed by atoms with van der Waals surface area (Å²) in [6.07, 6.45) is 1.49. The molecule has 132 valence electrons. The first-order chi connectivity index (χ1) is 12.1. The number of nitrogens with one attached hydrogen (secondary N) is 2. The molecule has 0 radical (unpaired) electrons. The van der Waals surface area contributed by atoms with Gasteiger partial charge in [0, 0.05) is 13.1 Å². The molecular formula is C20H25N3O2. The Hall–Kier alpha value is -2.66. The number of hydrogen-bond donors (Lipinski definition) is 3. The van der Waals surface area contributed by atoms with Crippen molar-refractivity contribution in [3.63, 3.8) is 0 Å². The zero-order valence-electron chi connectivity index (χ0n) is 14.3. The molecule has 0 spiro atoms. The lowest BCUT2D eigenvalue weighted by molar-refractivity contribution is -0.127. The third kappa shape index (κ3) is 7.18. The number of benzene rings is 2. The van der Waals surface area contributed by atoms with E-state index in [1.165, 1.54) is 0 Å². The number of amides is 2. The average Bonchev–Trinajstić information content (AvgIpc) is 2.63. The van der Waals surface area contributed by atoms with Crippen molar-refractivity contribution >= 4 is 11.8 Å². The Morgan fingerprint density at radius 1 is 0.800 bits per heavy atom. The summed E-state index contributed by atoms with van der Waals surface area (Å²) in [6.45, 7) is 1.04. The summed E-state index contributed by atoms with van der Waals surface area (Å²) in [5.74, 6) is -0.504. The van der Waals surface area contributed by atoms with Crippen LogP contribution in [0.3, 0.4) is 0 Å². The fourth-order valence-electron chi connectivity index (χ4n) is 2.46. The monoisotopic (exact) mass is 339 g/mol. The van der Waals surface area contributed by atoms with Gasteiger partial charge in [-0.05, 0) is 24.0 Å². The molecule has 0 bridgehead atoms. The van der Waals surface area contributed by atoms with Gasteiger partial charge in [0.15, 0.2) is 0 Å². The maximum absolute atomic E-state index is 11.9. The van der Waals surface area contributed by atoms with Crippen molar-refractivity contribution in [2.24, 2.45) is 5.73 Å². The minimum atomic E-state index is -0.826. The van der Waals surface area contributed by atoms with Gasteiger partial charge in [-0.15, -0.1) is 0 Å². The van der Waals surface area contributed by atoms with Crippen LogP contribution in [0.15, 0.2) is 60.7 Å². The molecule has 2 amide bonds. The predicted molar refractivity (Wildman–Crippen MR) is 98.9 cm³/mol. The van der Waals surface area contributed by atoms with Gasteiger partial charge in [0.05, 0.1) is 12.5 Å². The molecule has 2 rings (SSSR count). The molecule has 0 aromatic heterocycles. The van der Waals surface area contributed by atoms with Crippen LogP contribution in [0.1, 0.15) is 17.5 Å². The minimum absolute atomic E-state index is 0.00798. The van der Waals surface area contributed by atoms with E-state index < -0.39 is 6.04 Å². The fraction of sp³-hybridized carbons (Fsp3) is 0.300. The molecule has 5 heteroatoms. The molecule has 25 heavy (non-hydrogen) atoms. The lowest BCUT2D eigenvalue weighted by Gasteiger charge is -2.12. The van der Waals surface area contributed by atoms with E-state index in [-0.39, 0.29) is 18.2 Å². The van der Waals surface area contributed by atoms with Crippen molar-refractivity contribution in [3.05, 3.63) is 71.8 Å². The third-order valence-electron chi connectivity index (χ3n) is 3.88. The smallest absolute Gasteiger partial charge is 0.237 e. The van der Waals surface area contributed by atoms with Gasteiger partial charge in [-0.2, -0.15) is 0 Å². The molecule has 4 N–H and O–H groups in total. The fourth-order valence-corrected chi connectivity index (χ4v) is 2.46. The largest absolute Gasteiger partial charge is 0.356 e. The number of hydrogen-bond acceptors (Lipinski definition) is 3. The van der Waals surface area contributed by atoms with Crippen molar-refractivity contribution in [3.8, 4) is 0 Å². The molecule has 0 fully saturated rings. The summed E-state index contributed by atoms with van der Waals surface area (Å²) < 4.78 is 0. The Labute approximate surface area is 148 Å². The molecule has 0 heterocycles. The van der Waals surface area contributed by atoms with Gasteiger partial charge in [0.2, 0.25) is 11.8 Å². The second-order valence-corrected chi connectivity index (χ2v) is 5.92. The van der Waals surface area contributed by atoms with E-state index in [2.05, 4.69) is 10.6 Å². The molecule has 2 aromatic rings. The van der Waals surface area contributed by atoms with Gasteiger partial charge in [0.1, 0.15) is 0 Å². The lowest BCUT2D eigenvalue weighted by atomic mass is 10.1. The van der Waals surface area contributed by atoms with Gasteiger partial charge in [-0.3, -0.25) is 9.59 Å². The molecule has 5 nitrogen and oxygen atoms in total. The van der Waals surface area contributed by atoms with Crippen molar-refractivity contribution in [2.75, 3.05) is 13.1 Å². The van der Waals surface area contributed by atoms with Crippen molar-refractivity contribution in [1.29, 1.82) is 0 Å². The van der Waals surface area contributed by atoms with E-state index in [9.17, 15) is 9.59 Å². The molecule has 1 atom stereocenters. The topological polar surface area (TPSA) is 84.2 Å². The third-order valence-corrected chi connectivity index (χ3v) is 3.88. The summed E-state index contributed by atoms with van der Waals surface area (Å²) >= 11 is 0. The first-order valence-electron chi connectivity index (χ1n) is 8.53. The van der Waals surface area contributed by atoms with Crippen LogP contribution in [0.25, 0.3) is 0 Å². The Bertz CT molecular complexity index is 659. The first-order valence-corrected chi connectivity index (χ1v) is 8.53. The number of carbonyl (C=O) groups is 2. The van der Waals surface area contributed by atoms with Crippen molar-refractivity contribution in [2.45, 2.75) is 25.3 Å². The molecule has 0 aliphatic carbocycles. The maximum Gasteiger partial charge on any atom is 0.237 e. The predicted octanol–water partition coefficient (Wildman–Crippen LogP) is 1.42. The lowest BCUT2D eigenvalue weighted by Crippen LogP contribution is -2.44. The van der Waals surface area contributed by atoms with Crippen LogP contribution in [0.2, 0.25) is 0 Å². The molecule has 0 aliphatic heterocycles. The van der Waals surface area contributed by atoms with E-state index in [4.69, 9.17) is 5.73 Å². The summed E-state index contributed by atoms with van der Waals surface area (Å²) in [4.78, 5) is 23.8. The van der Waals surface area contributed by atoms with Gasteiger partial charge >= 0.3 is 0 Å². The molecule has 0 saturated carbocycles. The second kappa shape index (κ2) is 10.3. The van der Waals surface area contributed by atoms with E-state index >= 15 is 0 Å². The van der Waals surface area contributed by atoms with Crippen LogP contribution in [0, 0.1) is 0 Å². The van der Waals surface area contributed by atoms with Crippen LogP contribution in [-0.2, 0) is 22.4 Å². The zero-order valence-corrected chi connectivity index (χ0v) is 14.3. The van der Waals surface area contributed by atoms with E-state index in [0.29, 0.717) is 13.1 Å². The van der Waals surface area contributed by atoms with E-state index in [1.807, 2.05) is 60.7 Å². The normalized spacial score (nSPS) is 11.6. The number of rotatable bonds is 9. The molecule has 2 aromatic carbocycles. The summed E-state index contributed by atoms with van der Waals surface area (Å²) in [5, 5.41) is 5.57. The van der Waals surface area contributed by atoms with Gasteiger partial charge < -0.3 is 16.4 Å². The maximum atomic E-state index is 11.9. The Balaban J connectivity index is 1.61. The van der Waals surface area contributed by atoms with E-state index in [0.717, 1.165) is 24.0 Å². The molecule has 0 unspecified atom stereocenters. The Morgan fingerprint density at radius 3 is 1.80 bits per heavy atom. The Morgan fingerprint density at radius 2 is 1.28 bits per heavy atom. The average molecular weight is 339 g/mol. The van der Waals surface area contributed by atoms with Crippen LogP contribution in [-0.4, -0.2) is 30.9 Å². The van der Waals surface area contributed by atoms with Crippen molar-refractivity contribution < 1.29 is 9.59 Å². The molecule has 0 saturated heterocycles. The van der Waals surface area contributed by atoms with Crippen LogP contribution < -0.4 is 16.4 Å². The summed E-state index contributed by atoms with van der Waals surface area (Å²) in [7, 11) is 0. The second-order valence-electron chi connectivity index (χ2n) is 5.92. The standard InChI is InChI=1S/C20H25N3O2/c21-18(20(25)23-14-12-17-9-5-2-6-10-17)15-19(24)22-13-11-16-7-3-1-4-8-16/h1-10,18H,11-15,21H2,(H,22,24)(H,23,25)/t18-/m1/s1. The van der Waals surface area contributed by atoms with Crippen LogP contribution >= 0.6 is 0 Å². The van der Waals surface area contributed by atoms with Crippen LogP contribution in [0.4, 0.5) is 0 Å². The highest BCUT2D eigenvalue weighted by Gasteiger charge is 2.16. The van der Waals surface area contributed by atoms with E-state index in [1.54, 1.807) is 0 Å². The van der Waals surface area contributed by atoms with Crippen molar-refractivity contribution in [1.82, 2.24) is 10.6 Å². The van der Waals surface area contributed by atoms with Gasteiger partial charge in [0.25, 0.3) is 0 Å². The molecular weight excluding hydrogens is 314 g/mol. The molecule has 0 aliphatic rings. The Kier molecular flexibility index (Phi) is 7.66. The van der Waals surface area contributed by atoms with Gasteiger partial charge in [-0.25, -0.2) is 0 Å². The number of carbonyl (C=O) groups excluding carboxylic acids is 2. The zero-order chi connectivity index (χ0) is 17.9. The highest BCUT2D eigenvalue weighted by atomic mass is 16.2.